The van der Waals surface area contributed by atoms with Crippen LogP contribution >= 0.6 is 0 Å². The fourth-order valence-corrected chi connectivity index (χ4v) is 2.22. The van der Waals surface area contributed by atoms with Crippen molar-refractivity contribution in [1.29, 1.82) is 0 Å². The number of hydrogen-bond acceptors (Lipinski definition) is 5. The third-order valence-electron chi connectivity index (χ3n) is 3.59. The van der Waals surface area contributed by atoms with Crippen molar-refractivity contribution in [2.24, 2.45) is 0 Å². The van der Waals surface area contributed by atoms with Crippen LogP contribution in [0.1, 0.15) is 22.8 Å². The zero-order chi connectivity index (χ0) is 18.2. The number of nitrogen functional groups attached to an aromatic ring is 1. The normalized spacial score (nSPS) is 11.4. The first-order valence-electron chi connectivity index (χ1n) is 7.82. The van der Waals surface area contributed by atoms with Gasteiger partial charge in [0, 0.05) is 5.69 Å². The monoisotopic (exact) mass is 340 g/mol. The van der Waals surface area contributed by atoms with Crippen LogP contribution in [0.15, 0.2) is 54.6 Å². The second-order valence-corrected chi connectivity index (χ2v) is 5.62. The van der Waals surface area contributed by atoms with Gasteiger partial charge < -0.3 is 15.8 Å². The molecule has 130 valence electrons. The number of ketones is 1. The fourth-order valence-electron chi connectivity index (χ4n) is 2.22. The molecule has 0 spiro atoms. The Morgan fingerprint density at radius 3 is 2.28 bits per heavy atom. The summed E-state index contributed by atoms with van der Waals surface area (Å²) >= 11 is 0. The highest BCUT2D eigenvalue weighted by Gasteiger charge is 2.18. The maximum Gasteiger partial charge on any atom is 0.338 e. The highest BCUT2D eigenvalue weighted by atomic mass is 16.5. The molecule has 25 heavy (non-hydrogen) atoms. The zero-order valence-corrected chi connectivity index (χ0v) is 13.9. The number of anilines is 1. The van der Waals surface area contributed by atoms with Crippen molar-refractivity contribution >= 4 is 23.3 Å². The van der Waals surface area contributed by atoms with Crippen LogP contribution < -0.4 is 11.1 Å². The lowest BCUT2D eigenvalue weighted by Gasteiger charge is -2.16. The van der Waals surface area contributed by atoms with Crippen molar-refractivity contribution in [2.75, 3.05) is 12.3 Å². The molecule has 1 atom stereocenters. The molecule has 0 aliphatic rings. The summed E-state index contributed by atoms with van der Waals surface area (Å²) in [5.41, 5.74) is 7.31. The Bertz CT molecular complexity index is 742. The Morgan fingerprint density at radius 2 is 1.68 bits per heavy atom. The van der Waals surface area contributed by atoms with Gasteiger partial charge in [-0.15, -0.1) is 0 Å². The van der Waals surface area contributed by atoms with Gasteiger partial charge >= 0.3 is 5.97 Å². The SMILES string of the molecule is CC(=O)[C@H](Cc1ccccc1)NC(=O)COC(=O)c1ccc(N)cc1. The molecule has 0 heterocycles. The summed E-state index contributed by atoms with van der Waals surface area (Å²) in [6.07, 6.45) is 0.383. The second-order valence-electron chi connectivity index (χ2n) is 5.62. The lowest BCUT2D eigenvalue weighted by molar-refractivity contribution is -0.128. The van der Waals surface area contributed by atoms with Crippen molar-refractivity contribution < 1.29 is 19.1 Å². The van der Waals surface area contributed by atoms with E-state index in [1.807, 2.05) is 30.3 Å². The smallest absolute Gasteiger partial charge is 0.338 e. The Labute approximate surface area is 146 Å². The van der Waals surface area contributed by atoms with E-state index in [1.165, 1.54) is 19.1 Å². The van der Waals surface area contributed by atoms with Gasteiger partial charge in [0.1, 0.15) is 0 Å². The molecule has 1 amide bonds. The Hall–Kier alpha value is -3.15. The van der Waals surface area contributed by atoms with E-state index in [9.17, 15) is 14.4 Å². The Balaban J connectivity index is 1.87. The van der Waals surface area contributed by atoms with Gasteiger partial charge in [-0.05, 0) is 43.2 Å². The van der Waals surface area contributed by atoms with E-state index in [4.69, 9.17) is 10.5 Å². The molecular weight excluding hydrogens is 320 g/mol. The van der Waals surface area contributed by atoms with Crippen molar-refractivity contribution in [2.45, 2.75) is 19.4 Å². The summed E-state index contributed by atoms with van der Waals surface area (Å²) in [4.78, 5) is 35.6. The number of benzene rings is 2. The van der Waals surface area contributed by atoms with Gasteiger partial charge in [-0.3, -0.25) is 9.59 Å². The van der Waals surface area contributed by atoms with Crippen LogP contribution in [0.3, 0.4) is 0 Å². The molecule has 6 nitrogen and oxygen atoms in total. The van der Waals surface area contributed by atoms with Crippen LogP contribution in [-0.2, 0) is 20.7 Å². The van der Waals surface area contributed by atoms with E-state index in [1.54, 1.807) is 12.1 Å². The lowest BCUT2D eigenvalue weighted by atomic mass is 10.0. The molecule has 2 aromatic carbocycles. The first-order valence-corrected chi connectivity index (χ1v) is 7.82. The van der Waals surface area contributed by atoms with Gasteiger partial charge in [-0.2, -0.15) is 0 Å². The zero-order valence-electron chi connectivity index (χ0n) is 13.9. The van der Waals surface area contributed by atoms with Crippen LogP contribution in [0, 0.1) is 0 Å². The molecule has 0 unspecified atom stereocenters. The quantitative estimate of drug-likeness (QED) is 0.591. The van der Waals surface area contributed by atoms with Gasteiger partial charge in [0.05, 0.1) is 11.6 Å². The second kappa shape index (κ2) is 8.63. The summed E-state index contributed by atoms with van der Waals surface area (Å²) < 4.78 is 4.96. The van der Waals surface area contributed by atoms with Crippen molar-refractivity contribution in [3.8, 4) is 0 Å². The highest BCUT2D eigenvalue weighted by Crippen LogP contribution is 2.07. The minimum absolute atomic E-state index is 0.165. The van der Waals surface area contributed by atoms with E-state index in [2.05, 4.69) is 5.32 Å². The van der Waals surface area contributed by atoms with Gasteiger partial charge in [-0.1, -0.05) is 30.3 Å². The van der Waals surface area contributed by atoms with Crippen LogP contribution in [0.4, 0.5) is 5.69 Å². The summed E-state index contributed by atoms with van der Waals surface area (Å²) in [6.45, 7) is 0.954. The fraction of sp³-hybridized carbons (Fsp3) is 0.211. The number of Topliss-reactive ketones (excluding diaryl/α,β-unsaturated/α-hetero) is 1. The van der Waals surface area contributed by atoms with E-state index in [0.29, 0.717) is 17.7 Å². The first-order chi connectivity index (χ1) is 12.0. The molecule has 2 aromatic rings. The maximum atomic E-state index is 12.0. The van der Waals surface area contributed by atoms with Gasteiger partial charge in [0.2, 0.25) is 0 Å². The van der Waals surface area contributed by atoms with Gasteiger partial charge in [0.15, 0.2) is 12.4 Å². The number of amides is 1. The highest BCUT2D eigenvalue weighted by molar-refractivity contribution is 5.92. The minimum atomic E-state index is -0.662. The molecule has 6 heteroatoms. The van der Waals surface area contributed by atoms with Crippen LogP contribution in [0.5, 0.6) is 0 Å². The molecule has 3 N–H and O–H groups in total. The Morgan fingerprint density at radius 1 is 1.04 bits per heavy atom. The van der Waals surface area contributed by atoms with E-state index < -0.39 is 24.5 Å². The number of carbonyl (C=O) groups excluding carboxylic acids is 3. The summed E-state index contributed by atoms with van der Waals surface area (Å²) in [5, 5.41) is 2.60. The van der Waals surface area contributed by atoms with E-state index in [-0.39, 0.29) is 5.78 Å². The molecule has 0 aromatic heterocycles. The summed E-state index contributed by atoms with van der Waals surface area (Å²) in [7, 11) is 0. The van der Waals surface area contributed by atoms with Crippen LogP contribution in [0.25, 0.3) is 0 Å². The molecule has 0 saturated carbocycles. The molecular formula is C19H20N2O4. The number of carbonyl (C=O) groups is 3. The number of esters is 1. The van der Waals surface area contributed by atoms with Crippen LogP contribution in [0.2, 0.25) is 0 Å². The molecule has 0 aliphatic heterocycles. The number of nitrogens with one attached hydrogen (secondary N) is 1. The average Bonchev–Trinajstić information content (AvgIpc) is 2.60. The van der Waals surface area contributed by atoms with E-state index in [0.717, 1.165) is 5.56 Å². The largest absolute Gasteiger partial charge is 0.452 e. The third-order valence-corrected chi connectivity index (χ3v) is 3.59. The third kappa shape index (κ3) is 5.76. The molecule has 0 aliphatic carbocycles. The average molecular weight is 340 g/mol. The molecule has 0 saturated heterocycles. The molecule has 2 rings (SSSR count). The maximum absolute atomic E-state index is 12.0. The topological polar surface area (TPSA) is 98.5 Å². The Kier molecular flexibility index (Phi) is 6.28. The molecule has 0 bridgehead atoms. The predicted molar refractivity (Wildman–Crippen MR) is 93.9 cm³/mol. The van der Waals surface area contributed by atoms with Gasteiger partial charge in [0.25, 0.3) is 5.91 Å². The lowest BCUT2D eigenvalue weighted by Crippen LogP contribution is -2.43. The number of hydrogen-bond donors (Lipinski definition) is 2. The number of rotatable bonds is 7. The van der Waals surface area contributed by atoms with Crippen LogP contribution in [-0.4, -0.2) is 30.3 Å². The van der Waals surface area contributed by atoms with Crippen molar-refractivity contribution in [3.05, 3.63) is 65.7 Å². The number of nitrogens with two attached hydrogens (primary N) is 1. The summed E-state index contributed by atoms with van der Waals surface area (Å²) in [6, 6.07) is 14.9. The first kappa shape index (κ1) is 18.2. The van der Waals surface area contributed by atoms with Crippen molar-refractivity contribution in [3.63, 3.8) is 0 Å². The predicted octanol–water partition coefficient (Wildman–Crippen LogP) is 1.74. The van der Waals surface area contributed by atoms with Gasteiger partial charge in [-0.25, -0.2) is 4.79 Å². The minimum Gasteiger partial charge on any atom is -0.452 e. The summed E-state index contributed by atoms with van der Waals surface area (Å²) in [5.74, 6) is -1.32. The number of ether oxygens (including phenoxy) is 1. The standard InChI is InChI=1S/C19H20N2O4/c1-13(22)17(11-14-5-3-2-4-6-14)21-18(23)12-25-19(24)15-7-9-16(20)10-8-15/h2-10,17H,11-12,20H2,1H3,(H,21,23)/t17-/m0/s1. The molecule has 0 fully saturated rings. The van der Waals surface area contributed by atoms with Crippen molar-refractivity contribution in [1.82, 2.24) is 5.32 Å². The molecule has 0 radical (unpaired) electrons. The van der Waals surface area contributed by atoms with E-state index >= 15 is 0 Å².